The number of hydrogen-bond acceptors (Lipinski definition) is 4. The van der Waals surface area contributed by atoms with Crippen molar-refractivity contribution in [2.24, 2.45) is 0 Å². The van der Waals surface area contributed by atoms with E-state index in [0.717, 1.165) is 16.9 Å². The number of amides is 1. The zero-order chi connectivity index (χ0) is 21.0. The molecule has 29 heavy (non-hydrogen) atoms. The normalized spacial score (nSPS) is 15.5. The van der Waals surface area contributed by atoms with E-state index in [1.165, 1.54) is 4.31 Å². The average molecular weight is 417 g/mol. The molecule has 1 aliphatic rings. The van der Waals surface area contributed by atoms with Crippen LogP contribution in [0.15, 0.2) is 53.4 Å². The van der Waals surface area contributed by atoms with Gasteiger partial charge in [0, 0.05) is 26.2 Å². The van der Waals surface area contributed by atoms with Crippen molar-refractivity contribution in [3.8, 4) is 5.75 Å². The fourth-order valence-corrected chi connectivity index (χ4v) is 4.78. The molecule has 0 N–H and O–H groups in total. The quantitative estimate of drug-likeness (QED) is 0.726. The van der Waals surface area contributed by atoms with Crippen LogP contribution in [0.3, 0.4) is 0 Å². The predicted octanol–water partition coefficient (Wildman–Crippen LogP) is 3.03. The highest BCUT2D eigenvalue weighted by Crippen LogP contribution is 2.26. The molecular weight excluding hydrogens is 388 g/mol. The maximum atomic E-state index is 12.8. The minimum absolute atomic E-state index is 0.0472. The second-order valence-corrected chi connectivity index (χ2v) is 9.52. The molecule has 1 amide bonds. The molecule has 1 fully saturated rings. The van der Waals surface area contributed by atoms with Gasteiger partial charge in [0.2, 0.25) is 10.0 Å². The van der Waals surface area contributed by atoms with Crippen LogP contribution in [0.5, 0.6) is 5.75 Å². The molecule has 1 heterocycles. The summed E-state index contributed by atoms with van der Waals surface area (Å²) >= 11 is 0. The summed E-state index contributed by atoms with van der Waals surface area (Å²) in [5.74, 6) is 0.893. The second kappa shape index (κ2) is 8.97. The number of piperazine rings is 1. The largest absolute Gasteiger partial charge is 0.483 e. The molecule has 6 nitrogen and oxygen atoms in total. The molecule has 7 heteroatoms. The molecule has 2 aromatic rings. The van der Waals surface area contributed by atoms with Crippen LogP contribution in [0.25, 0.3) is 0 Å². The number of ether oxygens (including phenoxy) is 1. The molecule has 156 valence electrons. The van der Waals surface area contributed by atoms with Crippen LogP contribution in [-0.2, 0) is 14.8 Å². The van der Waals surface area contributed by atoms with Crippen molar-refractivity contribution < 1.29 is 17.9 Å². The van der Waals surface area contributed by atoms with Crippen LogP contribution in [-0.4, -0.2) is 56.3 Å². The van der Waals surface area contributed by atoms with Crippen molar-refractivity contribution in [2.75, 3.05) is 32.8 Å². The molecule has 0 aromatic heterocycles. The van der Waals surface area contributed by atoms with Gasteiger partial charge in [-0.2, -0.15) is 4.31 Å². The molecule has 0 atom stereocenters. The fourth-order valence-electron chi connectivity index (χ4n) is 3.36. The summed E-state index contributed by atoms with van der Waals surface area (Å²) in [6, 6.07) is 14.6. The Morgan fingerprint density at radius 2 is 1.62 bits per heavy atom. The van der Waals surface area contributed by atoms with E-state index in [0.29, 0.717) is 19.0 Å². The van der Waals surface area contributed by atoms with E-state index in [1.54, 1.807) is 29.2 Å². The topological polar surface area (TPSA) is 66.9 Å². The average Bonchev–Trinajstić information content (AvgIpc) is 2.72. The predicted molar refractivity (Wildman–Crippen MR) is 113 cm³/mol. The van der Waals surface area contributed by atoms with Crippen LogP contribution in [0, 0.1) is 6.92 Å². The first-order chi connectivity index (χ1) is 13.8. The van der Waals surface area contributed by atoms with Gasteiger partial charge in [-0.05, 0) is 36.6 Å². The first-order valence-corrected chi connectivity index (χ1v) is 11.3. The molecule has 0 unspecified atom stereocenters. The number of carbonyl (C=O) groups excluding carboxylic acids is 1. The summed E-state index contributed by atoms with van der Waals surface area (Å²) in [6.07, 6.45) is 0. The maximum absolute atomic E-state index is 12.8. The number of sulfonamides is 1. The lowest BCUT2D eigenvalue weighted by atomic mass is 10.0. The summed E-state index contributed by atoms with van der Waals surface area (Å²) in [6.45, 7) is 7.32. The highest BCUT2D eigenvalue weighted by Gasteiger charge is 2.30. The summed E-state index contributed by atoms with van der Waals surface area (Å²) < 4.78 is 32.8. The molecule has 3 rings (SSSR count). The number of aryl methyl sites for hydroxylation is 1. The SMILES string of the molecule is Cc1ccc(S(=O)(=O)N2CCN(C(=O)COc3ccccc3C(C)C)CC2)cc1. The van der Waals surface area contributed by atoms with E-state index >= 15 is 0 Å². The van der Waals surface area contributed by atoms with Gasteiger partial charge in [0.25, 0.3) is 5.91 Å². The molecular formula is C22H28N2O4S. The Morgan fingerprint density at radius 1 is 1.00 bits per heavy atom. The number of carbonyl (C=O) groups is 1. The van der Waals surface area contributed by atoms with Gasteiger partial charge in [-0.15, -0.1) is 0 Å². The lowest BCUT2D eigenvalue weighted by Gasteiger charge is -2.34. The summed E-state index contributed by atoms with van der Waals surface area (Å²) in [7, 11) is -3.53. The highest BCUT2D eigenvalue weighted by atomic mass is 32.2. The van der Waals surface area contributed by atoms with Gasteiger partial charge in [-0.1, -0.05) is 49.7 Å². The standard InChI is InChI=1S/C22H28N2O4S/c1-17(2)20-6-4-5-7-21(20)28-16-22(25)23-12-14-24(15-13-23)29(26,27)19-10-8-18(3)9-11-19/h4-11,17H,12-16H2,1-3H3. The highest BCUT2D eigenvalue weighted by molar-refractivity contribution is 7.89. The molecule has 0 bridgehead atoms. The van der Waals surface area contributed by atoms with Crippen molar-refractivity contribution in [1.82, 2.24) is 9.21 Å². The van der Waals surface area contributed by atoms with E-state index < -0.39 is 10.0 Å². The Bertz CT molecular complexity index is 947. The van der Waals surface area contributed by atoms with E-state index in [4.69, 9.17) is 4.74 Å². The molecule has 0 aliphatic carbocycles. The van der Waals surface area contributed by atoms with Crippen LogP contribution in [0.2, 0.25) is 0 Å². The Labute approximate surface area is 173 Å². The zero-order valence-corrected chi connectivity index (χ0v) is 18.0. The minimum atomic E-state index is -3.53. The first kappa shape index (κ1) is 21.3. The van der Waals surface area contributed by atoms with E-state index in [1.807, 2.05) is 31.2 Å². The van der Waals surface area contributed by atoms with Gasteiger partial charge in [0.1, 0.15) is 5.75 Å². The van der Waals surface area contributed by atoms with Gasteiger partial charge in [0.05, 0.1) is 4.90 Å². The third kappa shape index (κ3) is 4.97. The monoisotopic (exact) mass is 416 g/mol. The van der Waals surface area contributed by atoms with Crippen molar-refractivity contribution in [1.29, 1.82) is 0 Å². The van der Waals surface area contributed by atoms with Gasteiger partial charge >= 0.3 is 0 Å². The molecule has 1 saturated heterocycles. The van der Waals surface area contributed by atoms with Gasteiger partial charge in [-0.3, -0.25) is 4.79 Å². The van der Waals surface area contributed by atoms with E-state index in [2.05, 4.69) is 13.8 Å². The molecule has 0 spiro atoms. The maximum Gasteiger partial charge on any atom is 0.260 e. The van der Waals surface area contributed by atoms with E-state index in [9.17, 15) is 13.2 Å². The molecule has 0 saturated carbocycles. The lowest BCUT2D eigenvalue weighted by Crippen LogP contribution is -2.51. The number of para-hydroxylation sites is 1. The minimum Gasteiger partial charge on any atom is -0.483 e. The van der Waals surface area contributed by atoms with Crippen LogP contribution in [0.1, 0.15) is 30.9 Å². The lowest BCUT2D eigenvalue weighted by molar-refractivity contribution is -0.134. The number of benzene rings is 2. The van der Waals surface area contributed by atoms with Crippen LogP contribution in [0.4, 0.5) is 0 Å². The Morgan fingerprint density at radius 3 is 2.24 bits per heavy atom. The van der Waals surface area contributed by atoms with Crippen molar-refractivity contribution in [2.45, 2.75) is 31.6 Å². The number of hydrogen-bond donors (Lipinski definition) is 0. The van der Waals surface area contributed by atoms with Gasteiger partial charge in [-0.25, -0.2) is 8.42 Å². The summed E-state index contributed by atoms with van der Waals surface area (Å²) in [5, 5.41) is 0. The molecule has 2 aromatic carbocycles. The molecule has 0 radical (unpaired) electrons. The van der Waals surface area contributed by atoms with Crippen LogP contribution >= 0.6 is 0 Å². The number of rotatable bonds is 6. The van der Waals surface area contributed by atoms with Gasteiger partial charge < -0.3 is 9.64 Å². The van der Waals surface area contributed by atoms with Crippen molar-refractivity contribution in [3.05, 3.63) is 59.7 Å². The van der Waals surface area contributed by atoms with Gasteiger partial charge in [0.15, 0.2) is 6.61 Å². The second-order valence-electron chi connectivity index (χ2n) is 7.58. The molecule has 1 aliphatic heterocycles. The Hall–Kier alpha value is -2.38. The van der Waals surface area contributed by atoms with Crippen molar-refractivity contribution in [3.63, 3.8) is 0 Å². The zero-order valence-electron chi connectivity index (χ0n) is 17.2. The third-order valence-electron chi connectivity index (χ3n) is 5.14. The fraction of sp³-hybridized carbons (Fsp3) is 0.409. The third-order valence-corrected chi connectivity index (χ3v) is 7.06. The summed E-state index contributed by atoms with van der Waals surface area (Å²) in [4.78, 5) is 14.5. The Balaban J connectivity index is 1.56. The Kier molecular flexibility index (Phi) is 6.59. The number of nitrogens with zero attached hydrogens (tertiary/aromatic N) is 2. The smallest absolute Gasteiger partial charge is 0.260 e. The van der Waals surface area contributed by atoms with E-state index in [-0.39, 0.29) is 30.5 Å². The van der Waals surface area contributed by atoms with Crippen LogP contribution < -0.4 is 4.74 Å². The van der Waals surface area contributed by atoms with Crippen molar-refractivity contribution >= 4 is 15.9 Å². The first-order valence-electron chi connectivity index (χ1n) is 9.85. The summed E-state index contributed by atoms with van der Waals surface area (Å²) in [5.41, 5.74) is 2.08.